The second-order valence-electron chi connectivity index (χ2n) is 6.66. The van der Waals surface area contributed by atoms with Gasteiger partial charge in [0.2, 0.25) is 0 Å². The Morgan fingerprint density at radius 1 is 1.07 bits per heavy atom. The maximum absolute atomic E-state index is 12.2. The molecule has 6 heteroatoms. The molecule has 6 nitrogen and oxygen atoms in total. The maximum Gasteiger partial charge on any atom is 0.337 e. The Morgan fingerprint density at radius 2 is 1.78 bits per heavy atom. The van der Waals surface area contributed by atoms with Crippen LogP contribution in [0.5, 0.6) is 0 Å². The van der Waals surface area contributed by atoms with Gasteiger partial charge >= 0.3 is 12.0 Å². The highest BCUT2D eigenvalue weighted by molar-refractivity contribution is 5.93. The summed E-state index contributed by atoms with van der Waals surface area (Å²) in [6.07, 6.45) is 0. The Hall–Kier alpha value is -2.86. The summed E-state index contributed by atoms with van der Waals surface area (Å²) in [5.74, 6) is -0.442. The fourth-order valence-corrected chi connectivity index (χ4v) is 2.53. The summed E-state index contributed by atoms with van der Waals surface area (Å²) in [5.41, 5.74) is 3.17. The molecule has 0 radical (unpaired) electrons. The van der Waals surface area contributed by atoms with Crippen LogP contribution in [0.3, 0.4) is 0 Å². The first kappa shape index (κ1) is 20.5. The van der Waals surface area contributed by atoms with Crippen molar-refractivity contribution in [3.8, 4) is 0 Å². The van der Waals surface area contributed by atoms with Crippen LogP contribution in [-0.2, 0) is 17.8 Å². The van der Waals surface area contributed by atoms with Gasteiger partial charge in [-0.15, -0.1) is 0 Å². The molecule has 0 bridgehead atoms. The van der Waals surface area contributed by atoms with Crippen molar-refractivity contribution in [1.29, 1.82) is 0 Å². The molecule has 2 amide bonds. The largest absolute Gasteiger partial charge is 0.465 e. The monoisotopic (exact) mass is 369 g/mol. The van der Waals surface area contributed by atoms with Crippen molar-refractivity contribution in [3.63, 3.8) is 0 Å². The van der Waals surface area contributed by atoms with Gasteiger partial charge in [-0.1, -0.05) is 30.3 Å². The summed E-state index contributed by atoms with van der Waals surface area (Å²) < 4.78 is 4.69. The zero-order chi connectivity index (χ0) is 19.8. The minimum atomic E-state index is -0.442. The van der Waals surface area contributed by atoms with Gasteiger partial charge in [-0.2, -0.15) is 0 Å². The zero-order valence-electron chi connectivity index (χ0n) is 16.3. The van der Waals surface area contributed by atoms with Crippen LogP contribution >= 0.6 is 0 Å². The maximum atomic E-state index is 12.2. The van der Waals surface area contributed by atoms with Gasteiger partial charge in [0, 0.05) is 24.8 Å². The van der Waals surface area contributed by atoms with E-state index in [1.54, 1.807) is 24.3 Å². The average Bonchev–Trinajstić information content (AvgIpc) is 2.66. The van der Waals surface area contributed by atoms with Crippen LogP contribution in [0.15, 0.2) is 48.5 Å². The molecule has 2 aromatic rings. The molecule has 2 rings (SSSR count). The quantitative estimate of drug-likeness (QED) is 0.731. The number of anilines is 1. The fourth-order valence-electron chi connectivity index (χ4n) is 2.53. The Labute approximate surface area is 160 Å². The second kappa shape index (κ2) is 9.73. The van der Waals surface area contributed by atoms with Gasteiger partial charge in [0.25, 0.3) is 0 Å². The molecular formula is C21H27N3O3. The first-order chi connectivity index (χ1) is 12.9. The van der Waals surface area contributed by atoms with Crippen molar-refractivity contribution in [2.75, 3.05) is 19.5 Å². The molecule has 0 aliphatic heterocycles. The first-order valence-corrected chi connectivity index (χ1v) is 8.91. The van der Waals surface area contributed by atoms with Crippen molar-refractivity contribution in [2.24, 2.45) is 0 Å². The Kier molecular flexibility index (Phi) is 7.37. The minimum Gasteiger partial charge on any atom is -0.465 e. The van der Waals surface area contributed by atoms with Gasteiger partial charge < -0.3 is 15.4 Å². The molecule has 0 atom stereocenters. The Balaban J connectivity index is 1.97. The lowest BCUT2D eigenvalue weighted by Crippen LogP contribution is -2.30. The summed E-state index contributed by atoms with van der Waals surface area (Å²) in [6.45, 7) is 5.54. The first-order valence-electron chi connectivity index (χ1n) is 8.91. The smallest absolute Gasteiger partial charge is 0.337 e. The van der Waals surface area contributed by atoms with E-state index in [1.807, 2.05) is 18.2 Å². The molecule has 2 N–H and O–H groups in total. The van der Waals surface area contributed by atoms with E-state index in [1.165, 1.54) is 12.7 Å². The number of benzene rings is 2. The van der Waals surface area contributed by atoms with E-state index in [2.05, 4.69) is 42.5 Å². The van der Waals surface area contributed by atoms with Crippen LogP contribution in [-0.4, -0.2) is 37.1 Å². The minimum absolute atomic E-state index is 0.330. The summed E-state index contributed by atoms with van der Waals surface area (Å²) in [7, 11) is 3.40. The molecule has 0 aliphatic rings. The van der Waals surface area contributed by atoms with E-state index in [0.29, 0.717) is 23.8 Å². The molecule has 2 aromatic carbocycles. The van der Waals surface area contributed by atoms with Crippen molar-refractivity contribution in [3.05, 3.63) is 65.2 Å². The normalized spacial score (nSPS) is 10.7. The summed E-state index contributed by atoms with van der Waals surface area (Å²) in [6, 6.07) is 14.8. The van der Waals surface area contributed by atoms with E-state index in [-0.39, 0.29) is 6.03 Å². The highest BCUT2D eigenvalue weighted by Gasteiger charge is 2.10. The highest BCUT2D eigenvalue weighted by Crippen LogP contribution is 2.14. The number of hydrogen-bond acceptors (Lipinski definition) is 4. The third-order valence-corrected chi connectivity index (χ3v) is 4.40. The van der Waals surface area contributed by atoms with Gasteiger partial charge in [-0.05, 0) is 50.2 Å². The SMILES string of the molecule is COC(=O)c1cccc(NC(=O)NCc2ccccc2CN(C)C(C)C)c1. The van der Waals surface area contributed by atoms with Crippen LogP contribution in [0.25, 0.3) is 0 Å². The number of rotatable bonds is 7. The number of methoxy groups -OCH3 is 1. The molecule has 0 aliphatic carbocycles. The predicted octanol–water partition coefficient (Wildman–Crippen LogP) is 3.64. The van der Waals surface area contributed by atoms with E-state index >= 15 is 0 Å². The molecule has 0 unspecified atom stereocenters. The van der Waals surface area contributed by atoms with Gasteiger partial charge in [-0.25, -0.2) is 9.59 Å². The molecule has 144 valence electrons. The summed E-state index contributed by atoms with van der Waals surface area (Å²) in [4.78, 5) is 26.1. The third-order valence-electron chi connectivity index (χ3n) is 4.40. The Morgan fingerprint density at radius 3 is 2.44 bits per heavy atom. The lowest BCUT2D eigenvalue weighted by Gasteiger charge is -2.22. The third kappa shape index (κ3) is 6.11. The van der Waals surface area contributed by atoms with Crippen LogP contribution in [0.1, 0.15) is 35.3 Å². The van der Waals surface area contributed by atoms with Crippen molar-refractivity contribution in [1.82, 2.24) is 10.2 Å². The van der Waals surface area contributed by atoms with E-state index in [0.717, 1.165) is 12.1 Å². The van der Waals surface area contributed by atoms with Crippen LogP contribution in [0.4, 0.5) is 10.5 Å². The number of nitrogens with zero attached hydrogens (tertiary/aromatic N) is 1. The number of carbonyl (C=O) groups is 2. The van der Waals surface area contributed by atoms with Crippen LogP contribution in [0.2, 0.25) is 0 Å². The average molecular weight is 369 g/mol. The molecular weight excluding hydrogens is 342 g/mol. The van der Waals surface area contributed by atoms with Crippen molar-refractivity contribution < 1.29 is 14.3 Å². The number of nitrogens with one attached hydrogen (secondary N) is 2. The van der Waals surface area contributed by atoms with Gasteiger partial charge in [0.1, 0.15) is 0 Å². The van der Waals surface area contributed by atoms with Gasteiger partial charge in [0.15, 0.2) is 0 Å². The van der Waals surface area contributed by atoms with Crippen molar-refractivity contribution in [2.45, 2.75) is 33.0 Å². The predicted molar refractivity (Wildman–Crippen MR) is 107 cm³/mol. The van der Waals surface area contributed by atoms with Crippen molar-refractivity contribution >= 4 is 17.7 Å². The van der Waals surface area contributed by atoms with Gasteiger partial charge in [-0.3, -0.25) is 4.90 Å². The number of esters is 1. The lowest BCUT2D eigenvalue weighted by molar-refractivity contribution is 0.0600. The molecule has 0 saturated heterocycles. The molecule has 0 fully saturated rings. The van der Waals surface area contributed by atoms with E-state index in [4.69, 9.17) is 4.74 Å². The lowest BCUT2D eigenvalue weighted by atomic mass is 10.1. The summed E-state index contributed by atoms with van der Waals surface area (Å²) >= 11 is 0. The number of ether oxygens (including phenoxy) is 1. The number of carbonyl (C=O) groups excluding carboxylic acids is 2. The Bertz CT molecular complexity index is 790. The van der Waals surface area contributed by atoms with Crippen LogP contribution < -0.4 is 10.6 Å². The number of urea groups is 1. The van der Waals surface area contributed by atoms with E-state index < -0.39 is 5.97 Å². The molecule has 0 heterocycles. The summed E-state index contributed by atoms with van der Waals surface area (Å²) in [5, 5.41) is 5.61. The number of amides is 2. The number of hydrogen-bond donors (Lipinski definition) is 2. The fraction of sp³-hybridized carbons (Fsp3) is 0.333. The zero-order valence-corrected chi connectivity index (χ0v) is 16.3. The molecule has 27 heavy (non-hydrogen) atoms. The van der Waals surface area contributed by atoms with Crippen LogP contribution in [0, 0.1) is 0 Å². The molecule has 0 aromatic heterocycles. The molecule has 0 spiro atoms. The molecule has 0 saturated carbocycles. The topological polar surface area (TPSA) is 70.7 Å². The highest BCUT2D eigenvalue weighted by atomic mass is 16.5. The van der Waals surface area contributed by atoms with E-state index in [9.17, 15) is 9.59 Å². The standard InChI is InChI=1S/C21H27N3O3/c1-15(2)24(3)14-18-9-6-5-8-17(18)13-22-21(26)23-19-11-7-10-16(12-19)20(25)27-4/h5-12,15H,13-14H2,1-4H3,(H2,22,23,26). The van der Waals surface area contributed by atoms with Gasteiger partial charge in [0.05, 0.1) is 12.7 Å². The second-order valence-corrected chi connectivity index (χ2v) is 6.66.